The Morgan fingerprint density at radius 3 is 2.15 bits per heavy atom. The molecule has 2 nitrogen and oxygen atoms in total. The molecule has 0 heterocycles. The van der Waals surface area contributed by atoms with Gasteiger partial charge in [-0.1, -0.05) is 13.8 Å². The molecule has 0 amide bonds. The molecule has 1 aliphatic rings. The van der Waals surface area contributed by atoms with Crippen molar-refractivity contribution in [3.8, 4) is 12.1 Å². The molecule has 70 valence electrons. The van der Waals surface area contributed by atoms with Crippen LogP contribution in [0.2, 0.25) is 0 Å². The van der Waals surface area contributed by atoms with E-state index in [2.05, 4.69) is 26.0 Å². The van der Waals surface area contributed by atoms with Crippen molar-refractivity contribution in [2.45, 2.75) is 39.5 Å². The smallest absolute Gasteiger partial charge is 0.0708 e. The minimum atomic E-state index is -0.341. The summed E-state index contributed by atoms with van der Waals surface area (Å²) in [5.41, 5.74) is -0.341. The van der Waals surface area contributed by atoms with Gasteiger partial charge in [0.05, 0.1) is 24.0 Å². The molecule has 0 aromatic rings. The van der Waals surface area contributed by atoms with E-state index >= 15 is 0 Å². The van der Waals surface area contributed by atoms with Crippen molar-refractivity contribution in [2.75, 3.05) is 0 Å². The maximum atomic E-state index is 9.11. The second-order valence-electron chi connectivity index (χ2n) is 4.58. The number of hydrogen-bond donors (Lipinski definition) is 0. The van der Waals surface area contributed by atoms with E-state index in [1.165, 1.54) is 6.42 Å². The van der Waals surface area contributed by atoms with Gasteiger partial charge in [0, 0.05) is 0 Å². The van der Waals surface area contributed by atoms with Gasteiger partial charge >= 0.3 is 0 Å². The number of nitriles is 2. The van der Waals surface area contributed by atoms with Gasteiger partial charge in [-0.05, 0) is 31.1 Å². The lowest BCUT2D eigenvalue weighted by Gasteiger charge is -2.36. The highest BCUT2D eigenvalue weighted by molar-refractivity contribution is 5.06. The Kier molecular flexibility index (Phi) is 2.94. The van der Waals surface area contributed by atoms with Crippen LogP contribution in [-0.4, -0.2) is 0 Å². The van der Waals surface area contributed by atoms with Crippen LogP contribution in [0.25, 0.3) is 0 Å². The number of nitrogens with zero attached hydrogens (tertiary/aromatic N) is 2. The minimum absolute atomic E-state index is 0.341. The van der Waals surface area contributed by atoms with E-state index in [9.17, 15) is 0 Å². The molecule has 1 fully saturated rings. The quantitative estimate of drug-likeness (QED) is 0.616. The Balaban J connectivity index is 2.76. The minimum Gasteiger partial charge on any atom is -0.198 e. The Hall–Kier alpha value is -1.02. The normalized spacial score (nSPS) is 39.1. The third kappa shape index (κ3) is 2.22. The molecule has 0 bridgehead atoms. The summed E-state index contributed by atoms with van der Waals surface area (Å²) < 4.78 is 0. The lowest BCUT2D eigenvalue weighted by Crippen LogP contribution is -2.30. The topological polar surface area (TPSA) is 47.6 Å². The average Bonchev–Trinajstić information content (AvgIpc) is 2.03. The summed E-state index contributed by atoms with van der Waals surface area (Å²) >= 11 is 0. The molecule has 0 saturated heterocycles. The van der Waals surface area contributed by atoms with Crippen molar-refractivity contribution in [3.63, 3.8) is 0 Å². The molecule has 1 rings (SSSR count). The maximum Gasteiger partial charge on any atom is 0.0708 e. The van der Waals surface area contributed by atoms with E-state index in [-0.39, 0.29) is 5.41 Å². The van der Waals surface area contributed by atoms with Crippen molar-refractivity contribution in [1.82, 2.24) is 0 Å². The largest absolute Gasteiger partial charge is 0.198 e. The van der Waals surface area contributed by atoms with Crippen LogP contribution >= 0.6 is 0 Å². The molecule has 1 saturated carbocycles. The Labute approximate surface area is 80.2 Å². The van der Waals surface area contributed by atoms with Gasteiger partial charge in [-0.2, -0.15) is 10.5 Å². The standard InChI is InChI=1S/C11H16N2/c1-9-5-10(2)7-11(6-9,8-13)3-4-12/h9-10H,3,5-7H2,1-2H3/t9-,10+,11?. The fourth-order valence-electron chi connectivity index (χ4n) is 2.70. The van der Waals surface area contributed by atoms with Crippen LogP contribution in [0.3, 0.4) is 0 Å². The van der Waals surface area contributed by atoms with Gasteiger partial charge in [0.2, 0.25) is 0 Å². The molecule has 13 heavy (non-hydrogen) atoms. The molecule has 0 radical (unpaired) electrons. The van der Waals surface area contributed by atoms with E-state index in [1.807, 2.05) is 0 Å². The molecular weight excluding hydrogens is 160 g/mol. The molecule has 0 aliphatic heterocycles. The van der Waals surface area contributed by atoms with Crippen molar-refractivity contribution >= 4 is 0 Å². The predicted octanol–water partition coefficient (Wildman–Crippen LogP) is 2.87. The lowest BCUT2D eigenvalue weighted by molar-refractivity contribution is 0.163. The Morgan fingerprint density at radius 1 is 1.23 bits per heavy atom. The van der Waals surface area contributed by atoms with Gasteiger partial charge in [0.25, 0.3) is 0 Å². The molecule has 0 aromatic carbocycles. The van der Waals surface area contributed by atoms with E-state index in [0.29, 0.717) is 18.3 Å². The highest BCUT2D eigenvalue weighted by atomic mass is 14.4. The lowest BCUT2D eigenvalue weighted by atomic mass is 9.66. The molecule has 0 aromatic heterocycles. The first-order chi connectivity index (χ1) is 6.12. The third-order valence-electron chi connectivity index (χ3n) is 2.94. The molecule has 2 heteroatoms. The highest BCUT2D eigenvalue weighted by Crippen LogP contribution is 2.43. The molecule has 0 N–H and O–H groups in total. The summed E-state index contributed by atoms with van der Waals surface area (Å²) in [4.78, 5) is 0. The molecule has 0 spiro atoms. The van der Waals surface area contributed by atoms with Gasteiger partial charge in [-0.15, -0.1) is 0 Å². The fourth-order valence-corrected chi connectivity index (χ4v) is 2.70. The van der Waals surface area contributed by atoms with Crippen molar-refractivity contribution in [2.24, 2.45) is 17.3 Å². The van der Waals surface area contributed by atoms with Crippen molar-refractivity contribution in [3.05, 3.63) is 0 Å². The first-order valence-corrected chi connectivity index (χ1v) is 4.90. The second kappa shape index (κ2) is 3.79. The van der Waals surface area contributed by atoms with Gasteiger partial charge < -0.3 is 0 Å². The van der Waals surface area contributed by atoms with Crippen LogP contribution in [0.4, 0.5) is 0 Å². The van der Waals surface area contributed by atoms with E-state index in [4.69, 9.17) is 10.5 Å². The zero-order valence-corrected chi connectivity index (χ0v) is 8.38. The third-order valence-corrected chi connectivity index (χ3v) is 2.94. The molecule has 1 unspecified atom stereocenters. The van der Waals surface area contributed by atoms with E-state index in [1.54, 1.807) is 0 Å². The summed E-state index contributed by atoms with van der Waals surface area (Å²) in [6.45, 7) is 4.36. The zero-order valence-electron chi connectivity index (χ0n) is 8.38. The first kappa shape index (κ1) is 10.1. The molecule has 1 aliphatic carbocycles. The molecular formula is C11H16N2. The van der Waals surface area contributed by atoms with E-state index in [0.717, 1.165) is 12.8 Å². The summed E-state index contributed by atoms with van der Waals surface area (Å²) in [7, 11) is 0. The average molecular weight is 176 g/mol. The van der Waals surface area contributed by atoms with Crippen molar-refractivity contribution < 1.29 is 0 Å². The zero-order chi connectivity index (χ0) is 9.90. The summed E-state index contributed by atoms with van der Waals surface area (Å²) in [5.74, 6) is 1.19. The van der Waals surface area contributed by atoms with Crippen LogP contribution in [0.1, 0.15) is 39.5 Å². The van der Waals surface area contributed by atoms with Gasteiger partial charge in [-0.3, -0.25) is 0 Å². The van der Waals surface area contributed by atoms with Gasteiger partial charge in [0.15, 0.2) is 0 Å². The highest BCUT2D eigenvalue weighted by Gasteiger charge is 2.37. The van der Waals surface area contributed by atoms with Crippen LogP contribution in [0.15, 0.2) is 0 Å². The number of hydrogen-bond acceptors (Lipinski definition) is 2. The predicted molar refractivity (Wildman–Crippen MR) is 50.5 cm³/mol. The van der Waals surface area contributed by atoms with Crippen LogP contribution in [0, 0.1) is 39.9 Å². The van der Waals surface area contributed by atoms with E-state index < -0.39 is 0 Å². The van der Waals surface area contributed by atoms with Gasteiger partial charge in [0.1, 0.15) is 0 Å². The Morgan fingerprint density at radius 2 is 1.77 bits per heavy atom. The van der Waals surface area contributed by atoms with Crippen LogP contribution in [-0.2, 0) is 0 Å². The number of rotatable bonds is 1. The Bertz CT molecular complexity index is 246. The summed E-state index contributed by atoms with van der Waals surface area (Å²) in [5, 5.41) is 17.8. The van der Waals surface area contributed by atoms with Gasteiger partial charge in [-0.25, -0.2) is 0 Å². The summed E-state index contributed by atoms with van der Waals surface area (Å²) in [6.07, 6.45) is 3.41. The summed E-state index contributed by atoms with van der Waals surface area (Å²) in [6, 6.07) is 4.50. The van der Waals surface area contributed by atoms with Crippen molar-refractivity contribution in [1.29, 1.82) is 10.5 Å². The monoisotopic (exact) mass is 176 g/mol. The van der Waals surface area contributed by atoms with Crippen LogP contribution < -0.4 is 0 Å². The SMILES string of the molecule is C[C@@H]1C[C@H](C)CC(C#N)(CC#N)C1. The second-order valence-corrected chi connectivity index (χ2v) is 4.58. The van der Waals surface area contributed by atoms with Crippen LogP contribution in [0.5, 0.6) is 0 Å². The molecule has 3 atom stereocenters. The maximum absolute atomic E-state index is 9.11. The first-order valence-electron chi connectivity index (χ1n) is 4.90. The fraction of sp³-hybridized carbons (Fsp3) is 0.818.